The molecule has 0 aliphatic carbocycles. The number of nitrogens with zero attached hydrogens (tertiary/aromatic N) is 4. The highest BCUT2D eigenvalue weighted by Gasteiger charge is 2.16. The molecule has 8 heteroatoms. The monoisotopic (exact) mass is 383 g/mol. The van der Waals surface area contributed by atoms with E-state index in [0.717, 1.165) is 44.7 Å². The van der Waals surface area contributed by atoms with E-state index in [1.807, 2.05) is 0 Å². The van der Waals surface area contributed by atoms with E-state index in [-0.39, 0.29) is 6.04 Å². The van der Waals surface area contributed by atoms with Gasteiger partial charge in [0, 0.05) is 54.4 Å². The van der Waals surface area contributed by atoms with Crippen LogP contribution in [0.2, 0.25) is 10.0 Å². The van der Waals surface area contributed by atoms with Crippen LogP contribution in [0.4, 0.5) is 6.01 Å². The standard InChI is InChI=1S/C17H23Cl2N5O/c1-12(3-4-24-7-5-23(2)6-8-24)20-17-21-16(22-25-17)13-9-14(18)11-15(19)10-13/h9-12H,3-8H2,1-2H3,(H,20,21,22). The fourth-order valence-corrected chi connectivity index (χ4v) is 3.34. The lowest BCUT2D eigenvalue weighted by molar-refractivity contribution is 0.151. The Labute approximate surface area is 158 Å². The Balaban J connectivity index is 1.52. The Morgan fingerprint density at radius 3 is 2.52 bits per heavy atom. The first-order valence-electron chi connectivity index (χ1n) is 8.47. The lowest BCUT2D eigenvalue weighted by Crippen LogP contribution is -2.45. The van der Waals surface area contributed by atoms with Crippen molar-refractivity contribution in [3.8, 4) is 11.4 Å². The first-order valence-corrected chi connectivity index (χ1v) is 9.23. The summed E-state index contributed by atoms with van der Waals surface area (Å²) < 4.78 is 5.30. The Kier molecular flexibility index (Phi) is 6.17. The van der Waals surface area contributed by atoms with Crippen LogP contribution < -0.4 is 5.32 Å². The summed E-state index contributed by atoms with van der Waals surface area (Å²) in [6.07, 6.45) is 1.02. The van der Waals surface area contributed by atoms with Crippen LogP contribution in [0.15, 0.2) is 22.7 Å². The van der Waals surface area contributed by atoms with Gasteiger partial charge in [0.25, 0.3) is 0 Å². The zero-order valence-electron chi connectivity index (χ0n) is 14.5. The fourth-order valence-electron chi connectivity index (χ4n) is 2.81. The average Bonchev–Trinajstić information content (AvgIpc) is 3.02. The summed E-state index contributed by atoms with van der Waals surface area (Å²) in [5.74, 6) is 0.471. The zero-order chi connectivity index (χ0) is 17.8. The van der Waals surface area contributed by atoms with Crippen molar-refractivity contribution in [3.63, 3.8) is 0 Å². The fraction of sp³-hybridized carbons (Fsp3) is 0.529. The van der Waals surface area contributed by atoms with Gasteiger partial charge in [-0.05, 0) is 38.6 Å². The van der Waals surface area contributed by atoms with Crippen LogP contribution in [0, 0.1) is 0 Å². The van der Waals surface area contributed by atoms with Crippen molar-refractivity contribution in [2.24, 2.45) is 0 Å². The number of aromatic nitrogens is 2. The molecule has 1 aromatic heterocycles. The van der Waals surface area contributed by atoms with E-state index in [1.54, 1.807) is 18.2 Å². The van der Waals surface area contributed by atoms with Gasteiger partial charge in [0.15, 0.2) is 0 Å². The topological polar surface area (TPSA) is 57.4 Å². The number of rotatable bonds is 6. The van der Waals surface area contributed by atoms with E-state index >= 15 is 0 Å². The van der Waals surface area contributed by atoms with Crippen LogP contribution in [-0.2, 0) is 0 Å². The van der Waals surface area contributed by atoms with Gasteiger partial charge in [0.2, 0.25) is 5.82 Å². The van der Waals surface area contributed by atoms with Crippen molar-refractivity contribution >= 4 is 29.2 Å². The number of nitrogens with one attached hydrogen (secondary N) is 1. The van der Waals surface area contributed by atoms with Crippen LogP contribution in [0.3, 0.4) is 0 Å². The molecule has 2 aromatic rings. The second kappa shape index (κ2) is 8.36. The second-order valence-corrected chi connectivity index (χ2v) is 7.43. The zero-order valence-corrected chi connectivity index (χ0v) is 16.0. The Morgan fingerprint density at radius 1 is 1.16 bits per heavy atom. The third kappa shape index (κ3) is 5.31. The molecule has 0 bridgehead atoms. The lowest BCUT2D eigenvalue weighted by atomic mass is 10.2. The molecule has 1 unspecified atom stereocenters. The van der Waals surface area contributed by atoms with Gasteiger partial charge < -0.3 is 19.6 Å². The van der Waals surface area contributed by atoms with Gasteiger partial charge in [-0.2, -0.15) is 4.98 Å². The van der Waals surface area contributed by atoms with Crippen LogP contribution in [0.1, 0.15) is 13.3 Å². The van der Waals surface area contributed by atoms with Gasteiger partial charge in [-0.25, -0.2) is 0 Å². The van der Waals surface area contributed by atoms with Gasteiger partial charge >= 0.3 is 6.01 Å². The SMILES string of the molecule is CC(CCN1CCN(C)CC1)Nc1nc(-c2cc(Cl)cc(Cl)c2)no1. The minimum Gasteiger partial charge on any atom is -0.335 e. The lowest BCUT2D eigenvalue weighted by Gasteiger charge is -2.32. The Hall–Kier alpha value is -1.34. The molecular formula is C17H23Cl2N5O. The van der Waals surface area contributed by atoms with E-state index < -0.39 is 0 Å². The molecule has 2 heterocycles. The van der Waals surface area contributed by atoms with Crippen molar-refractivity contribution < 1.29 is 4.52 Å². The van der Waals surface area contributed by atoms with Crippen molar-refractivity contribution in [3.05, 3.63) is 28.2 Å². The summed E-state index contributed by atoms with van der Waals surface area (Å²) in [4.78, 5) is 9.23. The molecule has 25 heavy (non-hydrogen) atoms. The van der Waals surface area contributed by atoms with Crippen LogP contribution in [-0.4, -0.2) is 65.8 Å². The van der Waals surface area contributed by atoms with E-state index in [1.165, 1.54) is 0 Å². The summed E-state index contributed by atoms with van der Waals surface area (Å²) >= 11 is 12.0. The van der Waals surface area contributed by atoms with Gasteiger partial charge in [0.1, 0.15) is 0 Å². The minimum absolute atomic E-state index is 0.246. The Bertz CT molecular complexity index is 680. The number of halogens is 2. The molecule has 1 N–H and O–H groups in total. The molecule has 6 nitrogen and oxygen atoms in total. The molecule has 1 fully saturated rings. The maximum atomic E-state index is 6.02. The molecule has 1 aliphatic rings. The molecule has 1 aliphatic heterocycles. The Morgan fingerprint density at radius 2 is 1.84 bits per heavy atom. The smallest absolute Gasteiger partial charge is 0.322 e. The number of hydrogen-bond donors (Lipinski definition) is 1. The van der Waals surface area contributed by atoms with Crippen molar-refractivity contribution in [2.75, 3.05) is 45.1 Å². The number of benzene rings is 1. The average molecular weight is 384 g/mol. The van der Waals surface area contributed by atoms with E-state index in [4.69, 9.17) is 27.7 Å². The quantitative estimate of drug-likeness (QED) is 0.823. The molecule has 0 spiro atoms. The molecule has 1 saturated heterocycles. The third-order valence-electron chi connectivity index (χ3n) is 4.39. The maximum Gasteiger partial charge on any atom is 0.322 e. The molecule has 0 radical (unpaired) electrons. The van der Waals surface area contributed by atoms with Crippen molar-refractivity contribution in [1.29, 1.82) is 0 Å². The number of likely N-dealkylation sites (N-methyl/N-ethyl adjacent to an activating group) is 1. The molecule has 136 valence electrons. The third-order valence-corrected chi connectivity index (χ3v) is 4.83. The highest BCUT2D eigenvalue weighted by molar-refractivity contribution is 6.35. The summed E-state index contributed by atoms with van der Waals surface area (Å²) in [7, 11) is 2.17. The summed E-state index contributed by atoms with van der Waals surface area (Å²) in [5.41, 5.74) is 0.736. The molecular weight excluding hydrogens is 361 g/mol. The van der Waals surface area contributed by atoms with Crippen molar-refractivity contribution in [1.82, 2.24) is 19.9 Å². The van der Waals surface area contributed by atoms with Crippen LogP contribution in [0.25, 0.3) is 11.4 Å². The highest BCUT2D eigenvalue weighted by Crippen LogP contribution is 2.26. The summed E-state index contributed by atoms with van der Waals surface area (Å²) in [6, 6.07) is 5.86. The van der Waals surface area contributed by atoms with Gasteiger partial charge in [-0.15, -0.1) is 0 Å². The normalized spacial score (nSPS) is 17.6. The van der Waals surface area contributed by atoms with Gasteiger partial charge in [0.05, 0.1) is 0 Å². The minimum atomic E-state index is 0.246. The molecule has 0 amide bonds. The largest absolute Gasteiger partial charge is 0.335 e. The number of piperazine rings is 1. The number of hydrogen-bond acceptors (Lipinski definition) is 6. The molecule has 0 saturated carbocycles. The summed E-state index contributed by atoms with van der Waals surface area (Å²) in [6.45, 7) is 7.71. The first-order chi connectivity index (χ1) is 12.0. The van der Waals surface area contributed by atoms with Crippen LogP contribution >= 0.6 is 23.2 Å². The predicted octanol–water partition coefficient (Wildman–Crippen LogP) is 3.48. The first kappa shape index (κ1) is 18.5. The highest BCUT2D eigenvalue weighted by atomic mass is 35.5. The maximum absolute atomic E-state index is 6.02. The van der Waals surface area contributed by atoms with Crippen LogP contribution in [0.5, 0.6) is 0 Å². The number of anilines is 1. The molecule has 1 aromatic carbocycles. The molecule has 3 rings (SSSR count). The second-order valence-electron chi connectivity index (χ2n) is 6.56. The predicted molar refractivity (Wildman–Crippen MR) is 101 cm³/mol. The van der Waals surface area contributed by atoms with Gasteiger partial charge in [-0.1, -0.05) is 28.4 Å². The van der Waals surface area contributed by atoms with E-state index in [9.17, 15) is 0 Å². The molecule has 1 atom stereocenters. The van der Waals surface area contributed by atoms with E-state index in [2.05, 4.69) is 39.2 Å². The summed E-state index contributed by atoms with van der Waals surface area (Å²) in [5, 5.41) is 8.35. The van der Waals surface area contributed by atoms with Gasteiger partial charge in [-0.3, -0.25) is 0 Å². The van der Waals surface area contributed by atoms with E-state index in [0.29, 0.717) is 21.9 Å². The van der Waals surface area contributed by atoms with Crippen molar-refractivity contribution in [2.45, 2.75) is 19.4 Å².